The molecule has 0 amide bonds. The molecule has 0 fully saturated rings. The highest BCUT2D eigenvalue weighted by Crippen LogP contribution is 2.30. The second kappa shape index (κ2) is 13.9. The van der Waals surface area contributed by atoms with E-state index in [0.29, 0.717) is 22.5 Å². The summed E-state index contributed by atoms with van der Waals surface area (Å²) in [5, 5.41) is 19.8. The highest BCUT2D eigenvalue weighted by molar-refractivity contribution is 6.68. The maximum atomic E-state index is 8.63. The Kier molecular flexibility index (Phi) is 8.71. The predicted octanol–water partition coefficient (Wildman–Crippen LogP) is 9.21. The number of fused-ring (bicyclic) bond motifs is 1. The average Bonchev–Trinajstić information content (AvgIpc) is 3.17. The van der Waals surface area contributed by atoms with Crippen LogP contribution in [0.2, 0.25) is 0 Å². The topological polar surface area (TPSA) is 125 Å². The van der Waals surface area contributed by atoms with E-state index in [9.17, 15) is 0 Å². The number of nitrogens with zero attached hydrogens (tertiary/aromatic N) is 4. The molecule has 0 bridgehead atoms. The molecule has 0 radical (unpaired) electrons. The molecule has 8 rings (SSSR count). The Balaban J connectivity index is 0.000000186. The van der Waals surface area contributed by atoms with Gasteiger partial charge in [0.1, 0.15) is 0 Å². The number of nitrogens with one attached hydrogen (secondary N) is 2. The maximum absolute atomic E-state index is 8.63. The number of anilines is 1. The Bertz CT molecular complexity index is 2250. The number of hydrogen-bond acceptors (Lipinski definition) is 7. The van der Waals surface area contributed by atoms with E-state index in [1.807, 2.05) is 97.1 Å². The van der Waals surface area contributed by atoms with Gasteiger partial charge in [-0.2, -0.15) is 0 Å². The zero-order chi connectivity index (χ0) is 33.6. The zero-order valence-corrected chi connectivity index (χ0v) is 26.5. The third kappa shape index (κ3) is 6.68. The minimum Gasteiger partial charge on any atom is -0.399 e. The van der Waals surface area contributed by atoms with Crippen molar-refractivity contribution < 1.29 is 0 Å². The number of allylic oxidation sites excluding steroid dienone is 4. The van der Waals surface area contributed by atoms with E-state index in [1.54, 1.807) is 12.4 Å². The van der Waals surface area contributed by atoms with Gasteiger partial charge in [0.05, 0.1) is 45.6 Å². The average molecular weight is 634 g/mol. The van der Waals surface area contributed by atoms with E-state index in [0.717, 1.165) is 28.5 Å². The summed E-state index contributed by atoms with van der Waals surface area (Å²) < 4.78 is 0. The molecule has 1 aliphatic carbocycles. The van der Waals surface area contributed by atoms with Crippen LogP contribution in [0, 0.1) is 10.8 Å². The maximum Gasteiger partial charge on any atom is 0.0893 e. The van der Waals surface area contributed by atoms with Crippen LogP contribution in [0.25, 0.3) is 55.8 Å². The Morgan fingerprint density at radius 1 is 0.429 bits per heavy atom. The molecule has 1 aliphatic rings. The fourth-order valence-corrected chi connectivity index (χ4v) is 5.65. The summed E-state index contributed by atoms with van der Waals surface area (Å²) in [7, 11) is 0. The smallest absolute Gasteiger partial charge is 0.0893 e. The SMILES string of the molecule is N=C1C(=N)C(c2cccc(-c3ccccn3)n2)=CC=C1c1cccc(-c2ccccn2)n1.Nc1ccc(-c2cccc3ccccc23)cc1. The fourth-order valence-electron chi connectivity index (χ4n) is 5.65. The first-order valence-corrected chi connectivity index (χ1v) is 15.8. The first-order valence-electron chi connectivity index (χ1n) is 15.8. The lowest BCUT2D eigenvalue weighted by Gasteiger charge is -2.17. The molecular weight excluding hydrogens is 603 g/mol. The van der Waals surface area contributed by atoms with E-state index in [1.165, 1.54) is 21.9 Å². The van der Waals surface area contributed by atoms with Crippen LogP contribution in [-0.4, -0.2) is 31.4 Å². The number of benzene rings is 3. The molecule has 4 heterocycles. The first kappa shape index (κ1) is 30.8. The van der Waals surface area contributed by atoms with Gasteiger partial charge in [-0.25, -0.2) is 9.97 Å². The number of hydrogen-bond donors (Lipinski definition) is 3. The Morgan fingerprint density at radius 3 is 1.45 bits per heavy atom. The molecule has 3 aromatic carbocycles. The molecule has 7 heteroatoms. The van der Waals surface area contributed by atoms with Crippen LogP contribution < -0.4 is 5.73 Å². The molecule has 0 unspecified atom stereocenters. The minimum atomic E-state index is 0.109. The van der Waals surface area contributed by atoms with Crippen LogP contribution in [0.1, 0.15) is 11.4 Å². The molecule has 7 nitrogen and oxygen atoms in total. The number of rotatable bonds is 5. The van der Waals surface area contributed by atoms with Crippen molar-refractivity contribution in [3.05, 3.63) is 175 Å². The molecule has 0 spiro atoms. The largest absolute Gasteiger partial charge is 0.399 e. The van der Waals surface area contributed by atoms with Gasteiger partial charge >= 0.3 is 0 Å². The summed E-state index contributed by atoms with van der Waals surface area (Å²) in [5.74, 6) is 0. The van der Waals surface area contributed by atoms with Crippen LogP contribution >= 0.6 is 0 Å². The van der Waals surface area contributed by atoms with E-state index in [-0.39, 0.29) is 11.4 Å². The zero-order valence-electron chi connectivity index (χ0n) is 26.5. The Morgan fingerprint density at radius 2 is 0.898 bits per heavy atom. The lowest BCUT2D eigenvalue weighted by atomic mass is 9.90. The van der Waals surface area contributed by atoms with Crippen LogP contribution in [0.5, 0.6) is 0 Å². The minimum absolute atomic E-state index is 0.109. The normalized spacial score (nSPS) is 12.5. The van der Waals surface area contributed by atoms with Crippen molar-refractivity contribution in [1.29, 1.82) is 10.8 Å². The molecule has 0 aliphatic heterocycles. The number of nitrogens with two attached hydrogens (primary N) is 1. The predicted molar refractivity (Wildman–Crippen MR) is 200 cm³/mol. The molecule has 0 atom stereocenters. The molecule has 4 aromatic heterocycles. The quantitative estimate of drug-likeness (QED) is 0.129. The monoisotopic (exact) mass is 633 g/mol. The van der Waals surface area contributed by atoms with Crippen molar-refractivity contribution in [2.24, 2.45) is 0 Å². The van der Waals surface area contributed by atoms with Gasteiger partial charge < -0.3 is 5.73 Å². The highest BCUT2D eigenvalue weighted by atomic mass is 14.8. The van der Waals surface area contributed by atoms with Crippen LogP contribution in [0.4, 0.5) is 5.69 Å². The van der Waals surface area contributed by atoms with Crippen molar-refractivity contribution in [2.75, 3.05) is 5.73 Å². The van der Waals surface area contributed by atoms with E-state index in [2.05, 4.69) is 74.5 Å². The summed E-state index contributed by atoms with van der Waals surface area (Å²) in [6, 6.07) is 45.4. The summed E-state index contributed by atoms with van der Waals surface area (Å²) in [5.41, 5.74) is 14.6. The summed E-state index contributed by atoms with van der Waals surface area (Å²) >= 11 is 0. The van der Waals surface area contributed by atoms with E-state index in [4.69, 9.17) is 16.6 Å². The highest BCUT2D eigenvalue weighted by Gasteiger charge is 2.23. The number of nitrogen functional groups attached to an aromatic ring is 1. The third-order valence-corrected chi connectivity index (χ3v) is 8.12. The second-order valence-corrected chi connectivity index (χ2v) is 11.3. The third-order valence-electron chi connectivity index (χ3n) is 8.12. The van der Waals surface area contributed by atoms with Crippen LogP contribution in [-0.2, 0) is 0 Å². The molecule has 49 heavy (non-hydrogen) atoms. The second-order valence-electron chi connectivity index (χ2n) is 11.3. The van der Waals surface area contributed by atoms with Gasteiger partial charge in [0.2, 0.25) is 0 Å². The van der Waals surface area contributed by atoms with Crippen molar-refractivity contribution >= 4 is 39.0 Å². The van der Waals surface area contributed by atoms with Gasteiger partial charge in [-0.3, -0.25) is 20.8 Å². The van der Waals surface area contributed by atoms with E-state index < -0.39 is 0 Å². The van der Waals surface area contributed by atoms with Crippen LogP contribution in [0.15, 0.2) is 164 Å². The first-order chi connectivity index (χ1) is 24.0. The van der Waals surface area contributed by atoms with Crippen molar-refractivity contribution in [3.63, 3.8) is 0 Å². The van der Waals surface area contributed by atoms with Crippen molar-refractivity contribution in [3.8, 4) is 33.9 Å². The summed E-state index contributed by atoms with van der Waals surface area (Å²) in [6.45, 7) is 0. The molecular formula is C42H31N7. The van der Waals surface area contributed by atoms with Crippen molar-refractivity contribution in [2.45, 2.75) is 0 Å². The van der Waals surface area contributed by atoms with Gasteiger partial charge in [-0.1, -0.05) is 78.9 Å². The molecule has 0 saturated heterocycles. The fraction of sp³-hybridized carbons (Fsp3) is 0. The van der Waals surface area contributed by atoms with Crippen molar-refractivity contribution in [1.82, 2.24) is 19.9 Å². The lowest BCUT2D eigenvalue weighted by molar-refractivity contribution is 1.22. The van der Waals surface area contributed by atoms with Crippen LogP contribution in [0.3, 0.4) is 0 Å². The standard InChI is InChI=1S/C26H18N6.C16H13N/c27-25-17(19-9-5-11-23(31-19)21-7-1-3-15-29-21)13-14-18(26(25)28)20-10-6-12-24(32-20)22-8-2-4-16-30-22;17-14-10-8-13(9-11-14)16-7-3-5-12-4-1-2-6-15(12)16/h1-16,27-28H;1-11H,17H2. The van der Waals surface area contributed by atoms with Gasteiger partial charge in [0, 0.05) is 29.2 Å². The Labute approximate surface area is 284 Å². The molecule has 234 valence electrons. The Hall–Kier alpha value is -6.86. The van der Waals surface area contributed by atoms with Gasteiger partial charge in [0.15, 0.2) is 0 Å². The molecule has 0 saturated carbocycles. The van der Waals surface area contributed by atoms with Gasteiger partial charge in [-0.05, 0) is 94.7 Å². The summed E-state index contributed by atoms with van der Waals surface area (Å²) in [4.78, 5) is 18.1. The van der Waals surface area contributed by atoms with Gasteiger partial charge in [0.25, 0.3) is 0 Å². The van der Waals surface area contributed by atoms with Gasteiger partial charge in [-0.15, -0.1) is 0 Å². The lowest BCUT2D eigenvalue weighted by Crippen LogP contribution is -2.20. The number of pyridine rings is 4. The summed E-state index contributed by atoms with van der Waals surface area (Å²) in [6.07, 6.45) is 7.11. The van der Waals surface area contributed by atoms with E-state index >= 15 is 0 Å². The molecule has 4 N–H and O–H groups in total. The number of aromatic nitrogens is 4. The molecule has 7 aromatic rings.